The van der Waals surface area contributed by atoms with Crippen LogP contribution in [0, 0.1) is 13.8 Å². The Hall–Kier alpha value is -1.16. The van der Waals surface area contributed by atoms with Crippen molar-refractivity contribution >= 4 is 0 Å². The van der Waals surface area contributed by atoms with E-state index in [1.807, 2.05) is 26.8 Å². The summed E-state index contributed by atoms with van der Waals surface area (Å²) in [6, 6.07) is 2.34. The molecule has 0 aliphatic carbocycles. The number of nitrogens with zero attached hydrogens (tertiary/aromatic N) is 2. The third-order valence-corrected chi connectivity index (χ3v) is 1.62. The van der Waals surface area contributed by atoms with Crippen molar-refractivity contribution in [3.05, 3.63) is 17.5 Å². The predicted octanol–water partition coefficient (Wildman–Crippen LogP) is 1.51. The van der Waals surface area contributed by atoms with Gasteiger partial charge < -0.3 is 9.47 Å². The highest BCUT2D eigenvalue weighted by Crippen LogP contribution is 2.05. The zero-order valence-corrected chi connectivity index (χ0v) is 8.91. The van der Waals surface area contributed by atoms with Gasteiger partial charge in [0.1, 0.15) is 6.61 Å². The monoisotopic (exact) mass is 196 g/mol. The molecule has 4 nitrogen and oxygen atoms in total. The minimum absolute atomic E-state index is 0.433. The molecule has 0 bridgehead atoms. The summed E-state index contributed by atoms with van der Waals surface area (Å²) in [6.07, 6.45) is 0. The largest absolute Gasteiger partial charge is 0.461 e. The van der Waals surface area contributed by atoms with Gasteiger partial charge >= 0.3 is 6.01 Å². The average Bonchev–Trinajstić information content (AvgIpc) is 2.11. The number of aromatic nitrogens is 2. The molecule has 14 heavy (non-hydrogen) atoms. The maximum atomic E-state index is 5.32. The van der Waals surface area contributed by atoms with Crippen LogP contribution in [0.4, 0.5) is 0 Å². The predicted molar refractivity (Wildman–Crippen MR) is 53.5 cm³/mol. The molecule has 1 heterocycles. The van der Waals surface area contributed by atoms with Crippen molar-refractivity contribution in [2.24, 2.45) is 0 Å². The number of hydrogen-bond donors (Lipinski definition) is 0. The van der Waals surface area contributed by atoms with Crippen LogP contribution in [0.1, 0.15) is 18.3 Å². The van der Waals surface area contributed by atoms with Crippen molar-refractivity contribution in [3.63, 3.8) is 0 Å². The molecule has 0 radical (unpaired) electrons. The molecule has 0 atom stereocenters. The Balaban J connectivity index is 2.42. The van der Waals surface area contributed by atoms with Gasteiger partial charge in [-0.05, 0) is 26.8 Å². The van der Waals surface area contributed by atoms with E-state index in [-0.39, 0.29) is 0 Å². The first-order chi connectivity index (χ1) is 6.72. The van der Waals surface area contributed by atoms with E-state index in [0.717, 1.165) is 11.4 Å². The zero-order valence-electron chi connectivity index (χ0n) is 8.91. The van der Waals surface area contributed by atoms with Crippen LogP contribution in [0.3, 0.4) is 0 Å². The van der Waals surface area contributed by atoms with Gasteiger partial charge in [0.05, 0.1) is 6.61 Å². The van der Waals surface area contributed by atoms with Gasteiger partial charge in [0.2, 0.25) is 0 Å². The topological polar surface area (TPSA) is 44.2 Å². The smallest absolute Gasteiger partial charge is 0.316 e. The lowest BCUT2D eigenvalue weighted by Gasteiger charge is -2.05. The molecule has 0 unspecified atom stereocenters. The molecular weight excluding hydrogens is 180 g/mol. The highest BCUT2D eigenvalue weighted by atomic mass is 16.5. The van der Waals surface area contributed by atoms with Gasteiger partial charge in [0.25, 0.3) is 0 Å². The van der Waals surface area contributed by atoms with Gasteiger partial charge in [0.15, 0.2) is 0 Å². The second-order valence-corrected chi connectivity index (χ2v) is 2.98. The Bertz CT molecular complexity index is 269. The highest BCUT2D eigenvalue weighted by molar-refractivity contribution is 5.10. The van der Waals surface area contributed by atoms with Gasteiger partial charge in [-0.25, -0.2) is 9.97 Å². The standard InChI is InChI=1S/C10H16N2O2/c1-4-13-5-6-14-10-11-8(2)7-9(3)12-10/h7H,4-6H2,1-3H3. The molecule has 1 rings (SSSR count). The van der Waals surface area contributed by atoms with Crippen LogP contribution in [0.15, 0.2) is 6.07 Å². The second-order valence-electron chi connectivity index (χ2n) is 2.98. The van der Waals surface area contributed by atoms with Gasteiger partial charge in [0, 0.05) is 18.0 Å². The van der Waals surface area contributed by atoms with Crippen molar-refractivity contribution in [1.29, 1.82) is 0 Å². The Labute approximate surface area is 84.3 Å². The Kier molecular flexibility index (Phi) is 4.32. The molecule has 4 heteroatoms. The summed E-state index contributed by atoms with van der Waals surface area (Å²) < 4.78 is 10.5. The first kappa shape index (κ1) is 10.9. The third-order valence-electron chi connectivity index (χ3n) is 1.62. The SMILES string of the molecule is CCOCCOc1nc(C)cc(C)n1. The number of aryl methyl sites for hydroxylation is 2. The van der Waals surface area contributed by atoms with E-state index in [9.17, 15) is 0 Å². The number of rotatable bonds is 5. The van der Waals surface area contributed by atoms with Crippen molar-refractivity contribution in [2.75, 3.05) is 19.8 Å². The van der Waals surface area contributed by atoms with E-state index in [4.69, 9.17) is 9.47 Å². The van der Waals surface area contributed by atoms with E-state index < -0.39 is 0 Å². The summed E-state index contributed by atoms with van der Waals surface area (Å²) in [7, 11) is 0. The molecule has 0 aliphatic heterocycles. The minimum Gasteiger partial charge on any atom is -0.461 e. The summed E-state index contributed by atoms with van der Waals surface area (Å²) >= 11 is 0. The van der Waals surface area contributed by atoms with Crippen molar-refractivity contribution in [3.8, 4) is 6.01 Å². The maximum absolute atomic E-state index is 5.32. The first-order valence-corrected chi connectivity index (χ1v) is 4.75. The van der Waals surface area contributed by atoms with Gasteiger partial charge in [-0.2, -0.15) is 0 Å². The lowest BCUT2D eigenvalue weighted by molar-refractivity contribution is 0.106. The normalized spacial score (nSPS) is 10.2. The van der Waals surface area contributed by atoms with Crippen LogP contribution >= 0.6 is 0 Å². The summed E-state index contributed by atoms with van der Waals surface area (Å²) in [5.41, 5.74) is 1.84. The molecular formula is C10H16N2O2. The van der Waals surface area contributed by atoms with Crippen LogP contribution in [-0.2, 0) is 4.74 Å². The highest BCUT2D eigenvalue weighted by Gasteiger charge is 1.99. The number of hydrogen-bond acceptors (Lipinski definition) is 4. The van der Waals surface area contributed by atoms with Crippen molar-refractivity contribution < 1.29 is 9.47 Å². The van der Waals surface area contributed by atoms with Crippen LogP contribution in [-0.4, -0.2) is 29.8 Å². The van der Waals surface area contributed by atoms with Crippen LogP contribution in [0.2, 0.25) is 0 Å². The molecule has 0 saturated carbocycles. The van der Waals surface area contributed by atoms with Crippen LogP contribution in [0.25, 0.3) is 0 Å². The molecule has 0 fully saturated rings. The van der Waals surface area contributed by atoms with E-state index in [1.54, 1.807) is 0 Å². The fourth-order valence-corrected chi connectivity index (χ4v) is 1.09. The molecule has 0 aliphatic rings. The van der Waals surface area contributed by atoms with Gasteiger partial charge in [-0.15, -0.1) is 0 Å². The van der Waals surface area contributed by atoms with Crippen molar-refractivity contribution in [2.45, 2.75) is 20.8 Å². The summed E-state index contributed by atoms with van der Waals surface area (Å²) in [4.78, 5) is 8.29. The lowest BCUT2D eigenvalue weighted by atomic mass is 10.4. The second kappa shape index (κ2) is 5.54. The maximum Gasteiger partial charge on any atom is 0.316 e. The molecule has 1 aromatic rings. The average molecular weight is 196 g/mol. The van der Waals surface area contributed by atoms with E-state index in [1.165, 1.54) is 0 Å². The van der Waals surface area contributed by atoms with Gasteiger partial charge in [-0.3, -0.25) is 0 Å². The lowest BCUT2D eigenvalue weighted by Crippen LogP contribution is -2.09. The fourth-order valence-electron chi connectivity index (χ4n) is 1.09. The van der Waals surface area contributed by atoms with E-state index >= 15 is 0 Å². The molecule has 0 spiro atoms. The molecule has 0 amide bonds. The Morgan fingerprint density at radius 3 is 2.36 bits per heavy atom. The molecule has 0 saturated heterocycles. The number of ether oxygens (including phenoxy) is 2. The molecule has 0 N–H and O–H groups in total. The van der Waals surface area contributed by atoms with Crippen LogP contribution in [0.5, 0.6) is 6.01 Å². The quantitative estimate of drug-likeness (QED) is 0.669. The van der Waals surface area contributed by atoms with Crippen LogP contribution < -0.4 is 4.74 Å². The molecule has 78 valence electrons. The van der Waals surface area contributed by atoms with Gasteiger partial charge in [-0.1, -0.05) is 0 Å². The molecule has 1 aromatic heterocycles. The fraction of sp³-hybridized carbons (Fsp3) is 0.600. The summed E-state index contributed by atoms with van der Waals surface area (Å²) in [6.45, 7) is 7.57. The molecule has 0 aromatic carbocycles. The third kappa shape index (κ3) is 3.70. The Morgan fingerprint density at radius 1 is 1.14 bits per heavy atom. The van der Waals surface area contributed by atoms with E-state index in [0.29, 0.717) is 25.8 Å². The van der Waals surface area contributed by atoms with Crippen molar-refractivity contribution in [1.82, 2.24) is 9.97 Å². The van der Waals surface area contributed by atoms with E-state index in [2.05, 4.69) is 9.97 Å². The summed E-state index contributed by atoms with van der Waals surface area (Å²) in [5, 5.41) is 0. The zero-order chi connectivity index (χ0) is 10.4. The Morgan fingerprint density at radius 2 is 1.79 bits per heavy atom. The minimum atomic E-state index is 0.433. The summed E-state index contributed by atoms with van der Waals surface area (Å²) in [5.74, 6) is 0. The first-order valence-electron chi connectivity index (χ1n) is 4.75.